The Bertz CT molecular complexity index is 1040. The SMILES string of the molecule is Cc1cc(C)cc(OCC(C)Nc2cc(-c3c4c(nn3C)CCCC4)nc(N)n2)c1. The van der Waals surface area contributed by atoms with Crippen LogP contribution in [0.5, 0.6) is 5.75 Å². The lowest BCUT2D eigenvalue weighted by Crippen LogP contribution is -2.24. The van der Waals surface area contributed by atoms with Crippen LogP contribution in [0.4, 0.5) is 11.8 Å². The van der Waals surface area contributed by atoms with Gasteiger partial charge in [-0.05, 0) is 69.7 Å². The average Bonchev–Trinajstić information content (AvgIpc) is 3.01. The van der Waals surface area contributed by atoms with Crippen molar-refractivity contribution in [2.24, 2.45) is 7.05 Å². The fraction of sp³-hybridized carbons (Fsp3) is 0.435. The minimum atomic E-state index is 0.0495. The van der Waals surface area contributed by atoms with E-state index in [9.17, 15) is 0 Å². The number of nitrogens with zero attached hydrogens (tertiary/aromatic N) is 4. The molecule has 0 amide bonds. The van der Waals surface area contributed by atoms with Gasteiger partial charge in [0.15, 0.2) is 0 Å². The van der Waals surface area contributed by atoms with Crippen molar-refractivity contribution in [1.29, 1.82) is 0 Å². The minimum Gasteiger partial charge on any atom is -0.491 e. The molecule has 0 spiro atoms. The lowest BCUT2D eigenvalue weighted by Gasteiger charge is -2.17. The van der Waals surface area contributed by atoms with Crippen LogP contribution in [0.15, 0.2) is 24.3 Å². The van der Waals surface area contributed by atoms with E-state index in [-0.39, 0.29) is 12.0 Å². The van der Waals surface area contributed by atoms with Gasteiger partial charge < -0.3 is 15.8 Å². The average molecular weight is 407 g/mol. The highest BCUT2D eigenvalue weighted by atomic mass is 16.5. The number of hydrogen-bond donors (Lipinski definition) is 2. The Morgan fingerprint density at radius 3 is 2.60 bits per heavy atom. The Morgan fingerprint density at radius 1 is 1.10 bits per heavy atom. The van der Waals surface area contributed by atoms with Crippen LogP contribution >= 0.6 is 0 Å². The molecule has 2 heterocycles. The van der Waals surface area contributed by atoms with E-state index in [2.05, 4.69) is 42.1 Å². The summed E-state index contributed by atoms with van der Waals surface area (Å²) in [6, 6.07) is 8.23. The maximum absolute atomic E-state index is 6.04. The van der Waals surface area contributed by atoms with Crippen LogP contribution in [-0.4, -0.2) is 32.4 Å². The fourth-order valence-corrected chi connectivity index (χ4v) is 4.19. The zero-order valence-corrected chi connectivity index (χ0v) is 18.2. The third-order valence-corrected chi connectivity index (χ3v) is 5.39. The van der Waals surface area contributed by atoms with Crippen molar-refractivity contribution in [3.8, 4) is 17.1 Å². The van der Waals surface area contributed by atoms with Crippen molar-refractivity contribution < 1.29 is 4.74 Å². The second kappa shape index (κ2) is 8.34. The highest BCUT2D eigenvalue weighted by Gasteiger charge is 2.22. The first kappa shape index (κ1) is 20.2. The smallest absolute Gasteiger partial charge is 0.222 e. The standard InChI is InChI=1S/C23H30N6O/c1-14-9-15(2)11-17(10-14)30-13-16(3)25-21-12-20(26-23(24)27-21)22-18-7-5-6-8-19(18)28-29(22)4/h9-12,16H,5-8,13H2,1-4H3,(H3,24,25,26,27). The summed E-state index contributed by atoms with van der Waals surface area (Å²) in [5, 5.41) is 8.10. The Labute approximate surface area is 177 Å². The van der Waals surface area contributed by atoms with Crippen LogP contribution in [-0.2, 0) is 19.9 Å². The van der Waals surface area contributed by atoms with Crippen LogP contribution < -0.4 is 15.8 Å². The van der Waals surface area contributed by atoms with Crippen LogP contribution in [0.25, 0.3) is 11.4 Å². The number of aromatic nitrogens is 4. The minimum absolute atomic E-state index is 0.0495. The summed E-state index contributed by atoms with van der Waals surface area (Å²) in [6.45, 7) is 6.73. The van der Waals surface area contributed by atoms with Crippen LogP contribution in [0.3, 0.4) is 0 Å². The summed E-state index contributed by atoms with van der Waals surface area (Å²) in [5.74, 6) is 1.83. The first-order chi connectivity index (χ1) is 14.4. The van der Waals surface area contributed by atoms with Crippen LogP contribution in [0.1, 0.15) is 42.1 Å². The normalized spacial score (nSPS) is 14.3. The maximum atomic E-state index is 6.04. The summed E-state index contributed by atoms with van der Waals surface area (Å²) >= 11 is 0. The van der Waals surface area contributed by atoms with E-state index >= 15 is 0 Å². The lowest BCUT2D eigenvalue weighted by molar-refractivity contribution is 0.303. The number of rotatable bonds is 6. The van der Waals surface area contributed by atoms with E-state index in [4.69, 9.17) is 15.6 Å². The summed E-state index contributed by atoms with van der Waals surface area (Å²) in [5.41, 5.74) is 12.8. The zero-order chi connectivity index (χ0) is 21.3. The predicted molar refractivity (Wildman–Crippen MR) is 120 cm³/mol. The highest BCUT2D eigenvalue weighted by Crippen LogP contribution is 2.31. The molecule has 7 heteroatoms. The molecule has 1 unspecified atom stereocenters. The monoisotopic (exact) mass is 406 g/mol. The van der Waals surface area contributed by atoms with Crippen molar-refractivity contribution in [1.82, 2.24) is 19.7 Å². The molecule has 1 atom stereocenters. The molecule has 1 aromatic carbocycles. The Morgan fingerprint density at radius 2 is 1.83 bits per heavy atom. The molecule has 0 fully saturated rings. The first-order valence-electron chi connectivity index (χ1n) is 10.6. The molecule has 1 aliphatic rings. The molecule has 1 aliphatic carbocycles. The number of aryl methyl sites for hydroxylation is 4. The zero-order valence-electron chi connectivity index (χ0n) is 18.2. The number of nitrogens with one attached hydrogen (secondary N) is 1. The quantitative estimate of drug-likeness (QED) is 0.646. The highest BCUT2D eigenvalue weighted by molar-refractivity contribution is 5.65. The summed E-state index contributed by atoms with van der Waals surface area (Å²) in [6.07, 6.45) is 4.44. The molecule has 30 heavy (non-hydrogen) atoms. The molecule has 0 aliphatic heterocycles. The van der Waals surface area contributed by atoms with Crippen molar-refractivity contribution in [2.75, 3.05) is 17.7 Å². The van der Waals surface area contributed by atoms with E-state index in [1.54, 1.807) is 0 Å². The molecule has 2 aromatic heterocycles. The first-order valence-corrected chi connectivity index (χ1v) is 10.6. The van der Waals surface area contributed by atoms with Gasteiger partial charge in [-0.15, -0.1) is 0 Å². The number of benzene rings is 1. The van der Waals surface area contributed by atoms with Gasteiger partial charge in [0, 0.05) is 18.7 Å². The van der Waals surface area contributed by atoms with Crippen molar-refractivity contribution in [2.45, 2.75) is 52.5 Å². The molecule has 0 bridgehead atoms. The van der Waals surface area contributed by atoms with E-state index in [1.165, 1.54) is 35.2 Å². The van der Waals surface area contributed by atoms with E-state index in [0.29, 0.717) is 12.4 Å². The predicted octanol–water partition coefficient (Wildman–Crippen LogP) is 3.83. The Balaban J connectivity index is 1.50. The van der Waals surface area contributed by atoms with Crippen molar-refractivity contribution >= 4 is 11.8 Å². The van der Waals surface area contributed by atoms with Crippen molar-refractivity contribution in [3.63, 3.8) is 0 Å². The molecule has 0 saturated heterocycles. The van der Waals surface area contributed by atoms with Gasteiger partial charge in [0.05, 0.1) is 23.1 Å². The van der Waals surface area contributed by atoms with E-state index in [1.807, 2.05) is 29.9 Å². The van der Waals surface area contributed by atoms with Gasteiger partial charge in [-0.1, -0.05) is 6.07 Å². The number of fused-ring (bicyclic) bond motifs is 1. The number of nitrogen functional groups attached to an aromatic ring is 1. The topological polar surface area (TPSA) is 90.9 Å². The maximum Gasteiger partial charge on any atom is 0.222 e. The van der Waals surface area contributed by atoms with Gasteiger partial charge in [0.2, 0.25) is 5.95 Å². The van der Waals surface area contributed by atoms with Crippen LogP contribution in [0, 0.1) is 13.8 Å². The molecule has 158 valence electrons. The molecule has 7 nitrogen and oxygen atoms in total. The molecule has 3 N–H and O–H groups in total. The number of ether oxygens (including phenoxy) is 1. The molecule has 4 rings (SSSR count). The van der Waals surface area contributed by atoms with Gasteiger partial charge in [0.25, 0.3) is 0 Å². The molecular formula is C23H30N6O. The number of anilines is 2. The number of nitrogens with two attached hydrogens (primary N) is 1. The molecule has 3 aromatic rings. The Hall–Kier alpha value is -3.09. The van der Waals surface area contributed by atoms with Crippen LogP contribution in [0.2, 0.25) is 0 Å². The molecular weight excluding hydrogens is 376 g/mol. The van der Waals surface area contributed by atoms with E-state index in [0.717, 1.165) is 30.0 Å². The third-order valence-electron chi connectivity index (χ3n) is 5.39. The van der Waals surface area contributed by atoms with Crippen molar-refractivity contribution in [3.05, 3.63) is 46.6 Å². The second-order valence-electron chi connectivity index (χ2n) is 8.28. The van der Waals surface area contributed by atoms with Gasteiger partial charge in [-0.2, -0.15) is 10.1 Å². The lowest BCUT2D eigenvalue weighted by atomic mass is 9.95. The second-order valence-corrected chi connectivity index (χ2v) is 8.28. The largest absolute Gasteiger partial charge is 0.491 e. The molecule has 0 radical (unpaired) electrons. The third kappa shape index (κ3) is 4.40. The summed E-state index contributed by atoms with van der Waals surface area (Å²) < 4.78 is 7.90. The number of hydrogen-bond acceptors (Lipinski definition) is 6. The van der Waals surface area contributed by atoms with E-state index < -0.39 is 0 Å². The summed E-state index contributed by atoms with van der Waals surface area (Å²) in [4.78, 5) is 8.88. The fourth-order valence-electron chi connectivity index (χ4n) is 4.19. The van der Waals surface area contributed by atoms with Gasteiger partial charge in [0.1, 0.15) is 18.2 Å². The molecule has 0 saturated carbocycles. The Kier molecular flexibility index (Phi) is 5.61. The van der Waals surface area contributed by atoms with Gasteiger partial charge in [-0.25, -0.2) is 4.98 Å². The summed E-state index contributed by atoms with van der Waals surface area (Å²) in [7, 11) is 1.97. The van der Waals surface area contributed by atoms with Gasteiger partial charge >= 0.3 is 0 Å². The van der Waals surface area contributed by atoms with Gasteiger partial charge in [-0.3, -0.25) is 4.68 Å².